The highest BCUT2D eigenvalue weighted by Gasteiger charge is 2.16. The molecule has 1 aromatic rings. The molecule has 3 nitrogen and oxygen atoms in total. The van der Waals surface area contributed by atoms with Gasteiger partial charge in [0.25, 0.3) is 0 Å². The van der Waals surface area contributed by atoms with Gasteiger partial charge in [0.2, 0.25) is 0 Å². The zero-order valence-corrected chi connectivity index (χ0v) is 11.3. The van der Waals surface area contributed by atoms with Crippen LogP contribution in [-0.2, 0) is 13.0 Å². The fraction of sp³-hybridized carbons (Fsp3) is 0.600. The van der Waals surface area contributed by atoms with E-state index in [1.165, 1.54) is 56.0 Å². The monoisotopic (exact) mass is 245 g/mol. The lowest BCUT2D eigenvalue weighted by atomic mass is 10.1. The Morgan fingerprint density at radius 3 is 2.67 bits per heavy atom. The second-order valence-electron chi connectivity index (χ2n) is 5.38. The van der Waals surface area contributed by atoms with Crippen LogP contribution in [0.25, 0.3) is 0 Å². The van der Waals surface area contributed by atoms with Crippen LogP contribution in [0.15, 0.2) is 18.2 Å². The number of nitrogens with zero attached hydrogens (tertiary/aromatic N) is 2. The third-order valence-corrected chi connectivity index (χ3v) is 4.20. The van der Waals surface area contributed by atoms with Crippen molar-refractivity contribution < 1.29 is 0 Å². The van der Waals surface area contributed by atoms with Crippen molar-refractivity contribution in [3.63, 3.8) is 0 Å². The maximum absolute atomic E-state index is 3.47. The predicted octanol–water partition coefficient (Wildman–Crippen LogP) is 1.79. The molecule has 3 heteroatoms. The number of piperazine rings is 1. The minimum atomic E-state index is 1.10. The largest absolute Gasteiger partial charge is 0.384 e. The first-order chi connectivity index (χ1) is 8.85. The van der Waals surface area contributed by atoms with Crippen LogP contribution in [0.1, 0.15) is 18.1 Å². The first-order valence-electron chi connectivity index (χ1n) is 7.15. The molecule has 0 saturated carbocycles. The third kappa shape index (κ3) is 2.52. The van der Waals surface area contributed by atoms with E-state index in [0.717, 1.165) is 13.1 Å². The molecule has 1 fully saturated rings. The molecule has 0 aliphatic carbocycles. The van der Waals surface area contributed by atoms with Crippen molar-refractivity contribution >= 4 is 5.69 Å². The molecule has 1 aromatic carbocycles. The van der Waals surface area contributed by atoms with E-state index in [1.807, 2.05) is 0 Å². The first kappa shape index (κ1) is 12.0. The zero-order valence-electron chi connectivity index (χ0n) is 11.3. The van der Waals surface area contributed by atoms with E-state index < -0.39 is 0 Å². The van der Waals surface area contributed by atoms with Gasteiger partial charge < -0.3 is 10.2 Å². The highest BCUT2D eigenvalue weighted by molar-refractivity contribution is 5.57. The van der Waals surface area contributed by atoms with Gasteiger partial charge >= 0.3 is 0 Å². The molecule has 0 amide bonds. The van der Waals surface area contributed by atoms with Crippen molar-refractivity contribution in [2.75, 3.05) is 44.6 Å². The summed E-state index contributed by atoms with van der Waals surface area (Å²) in [5.41, 5.74) is 4.29. The summed E-state index contributed by atoms with van der Waals surface area (Å²) in [6, 6.07) is 6.94. The predicted molar refractivity (Wildman–Crippen MR) is 76.0 cm³/mol. The molecule has 0 bridgehead atoms. The maximum atomic E-state index is 3.47. The summed E-state index contributed by atoms with van der Waals surface area (Å²) in [6.45, 7) is 10.5. The molecule has 0 radical (unpaired) electrons. The number of rotatable bonds is 3. The Bertz CT molecular complexity index is 408. The lowest BCUT2D eigenvalue weighted by Gasteiger charge is -2.34. The molecule has 2 aliphatic heterocycles. The molecule has 2 heterocycles. The Morgan fingerprint density at radius 2 is 1.89 bits per heavy atom. The number of likely N-dealkylation sites (N-methyl/N-ethyl adjacent to an activating group) is 1. The summed E-state index contributed by atoms with van der Waals surface area (Å²) >= 11 is 0. The van der Waals surface area contributed by atoms with Crippen molar-refractivity contribution in [2.24, 2.45) is 0 Å². The molecule has 0 unspecified atom stereocenters. The van der Waals surface area contributed by atoms with E-state index >= 15 is 0 Å². The van der Waals surface area contributed by atoms with Crippen molar-refractivity contribution in [3.8, 4) is 0 Å². The molecule has 1 N–H and O–H groups in total. The maximum Gasteiger partial charge on any atom is 0.0376 e. The molecule has 3 rings (SSSR count). The molecular formula is C15H23N3. The number of fused-ring (bicyclic) bond motifs is 1. The zero-order chi connectivity index (χ0) is 12.4. The molecule has 1 saturated heterocycles. The van der Waals surface area contributed by atoms with Crippen LogP contribution in [0.3, 0.4) is 0 Å². The minimum absolute atomic E-state index is 1.10. The van der Waals surface area contributed by atoms with Crippen LogP contribution in [0.4, 0.5) is 5.69 Å². The van der Waals surface area contributed by atoms with Crippen molar-refractivity contribution in [1.29, 1.82) is 0 Å². The number of nitrogens with one attached hydrogen (secondary N) is 1. The lowest BCUT2D eigenvalue weighted by Crippen LogP contribution is -2.45. The fourth-order valence-electron chi connectivity index (χ4n) is 2.96. The normalized spacial score (nSPS) is 20.7. The number of anilines is 1. The van der Waals surface area contributed by atoms with Gasteiger partial charge in [-0.2, -0.15) is 0 Å². The lowest BCUT2D eigenvalue weighted by molar-refractivity contribution is 0.132. The smallest absolute Gasteiger partial charge is 0.0376 e. The standard InChI is InChI=1S/C15H23N3/c1-2-17-7-9-18(10-8-17)12-13-3-4-14-5-6-16-15(14)11-13/h3-4,11,16H,2,5-10,12H2,1H3. The van der Waals surface area contributed by atoms with Crippen molar-refractivity contribution in [1.82, 2.24) is 9.80 Å². The van der Waals surface area contributed by atoms with E-state index in [-0.39, 0.29) is 0 Å². The summed E-state index contributed by atoms with van der Waals surface area (Å²) in [4.78, 5) is 5.10. The highest BCUT2D eigenvalue weighted by atomic mass is 15.3. The summed E-state index contributed by atoms with van der Waals surface area (Å²) in [6.07, 6.45) is 1.19. The van der Waals surface area contributed by atoms with Gasteiger partial charge in [-0.3, -0.25) is 4.90 Å². The van der Waals surface area contributed by atoms with E-state index in [4.69, 9.17) is 0 Å². The summed E-state index contributed by atoms with van der Waals surface area (Å²) in [5.74, 6) is 0. The van der Waals surface area contributed by atoms with Gasteiger partial charge in [0.05, 0.1) is 0 Å². The average Bonchev–Trinajstić information content (AvgIpc) is 2.87. The first-order valence-corrected chi connectivity index (χ1v) is 7.15. The second kappa shape index (κ2) is 5.29. The van der Waals surface area contributed by atoms with Gasteiger partial charge in [0, 0.05) is 45.0 Å². The molecule has 0 spiro atoms. The van der Waals surface area contributed by atoms with E-state index in [2.05, 4.69) is 40.2 Å². The Labute approximate surface area is 110 Å². The molecule has 98 valence electrons. The minimum Gasteiger partial charge on any atom is -0.384 e. The van der Waals surface area contributed by atoms with Gasteiger partial charge in [-0.1, -0.05) is 19.1 Å². The Morgan fingerprint density at radius 1 is 1.11 bits per heavy atom. The van der Waals surface area contributed by atoms with Crippen LogP contribution < -0.4 is 5.32 Å². The summed E-state index contributed by atoms with van der Waals surface area (Å²) < 4.78 is 0. The second-order valence-corrected chi connectivity index (χ2v) is 5.38. The number of hydrogen-bond donors (Lipinski definition) is 1. The van der Waals surface area contributed by atoms with Crippen LogP contribution in [0, 0.1) is 0 Å². The molecule has 2 aliphatic rings. The highest BCUT2D eigenvalue weighted by Crippen LogP contribution is 2.24. The molecule has 18 heavy (non-hydrogen) atoms. The Kier molecular flexibility index (Phi) is 3.52. The molecular weight excluding hydrogens is 222 g/mol. The van der Waals surface area contributed by atoms with Crippen LogP contribution >= 0.6 is 0 Å². The number of benzene rings is 1. The van der Waals surface area contributed by atoms with Crippen molar-refractivity contribution in [2.45, 2.75) is 19.9 Å². The summed E-state index contributed by atoms with van der Waals surface area (Å²) in [7, 11) is 0. The van der Waals surface area contributed by atoms with E-state index in [0.29, 0.717) is 0 Å². The van der Waals surface area contributed by atoms with Gasteiger partial charge in [-0.25, -0.2) is 0 Å². The quantitative estimate of drug-likeness (QED) is 0.876. The Balaban J connectivity index is 1.60. The van der Waals surface area contributed by atoms with Crippen molar-refractivity contribution in [3.05, 3.63) is 29.3 Å². The van der Waals surface area contributed by atoms with E-state index in [1.54, 1.807) is 0 Å². The topological polar surface area (TPSA) is 18.5 Å². The number of hydrogen-bond acceptors (Lipinski definition) is 3. The van der Waals surface area contributed by atoms with Crippen LogP contribution in [-0.4, -0.2) is 49.1 Å². The Hall–Kier alpha value is -1.06. The molecule has 0 atom stereocenters. The SMILES string of the molecule is CCN1CCN(Cc2ccc3c(c2)NCC3)CC1. The van der Waals surface area contributed by atoms with Crippen LogP contribution in [0.2, 0.25) is 0 Å². The van der Waals surface area contributed by atoms with Gasteiger partial charge in [0.15, 0.2) is 0 Å². The van der Waals surface area contributed by atoms with Gasteiger partial charge in [0.1, 0.15) is 0 Å². The fourth-order valence-corrected chi connectivity index (χ4v) is 2.96. The molecule has 0 aromatic heterocycles. The average molecular weight is 245 g/mol. The van der Waals surface area contributed by atoms with Gasteiger partial charge in [-0.15, -0.1) is 0 Å². The van der Waals surface area contributed by atoms with Gasteiger partial charge in [-0.05, 0) is 30.2 Å². The van der Waals surface area contributed by atoms with E-state index in [9.17, 15) is 0 Å². The third-order valence-electron chi connectivity index (χ3n) is 4.20. The van der Waals surface area contributed by atoms with Crippen LogP contribution in [0.5, 0.6) is 0 Å². The summed E-state index contributed by atoms with van der Waals surface area (Å²) in [5, 5.41) is 3.47.